The number of thioether (sulfide) groups is 1. The van der Waals surface area contributed by atoms with Crippen molar-refractivity contribution >= 4 is 27.7 Å². The Morgan fingerprint density at radius 2 is 1.79 bits per heavy atom. The predicted molar refractivity (Wildman–Crippen MR) is 114 cm³/mol. The van der Waals surface area contributed by atoms with Gasteiger partial charge in [0.2, 0.25) is 15.9 Å². The number of nitrogens with zero attached hydrogens (tertiary/aromatic N) is 1. The van der Waals surface area contributed by atoms with Crippen LogP contribution < -0.4 is 5.32 Å². The van der Waals surface area contributed by atoms with Crippen LogP contribution in [0.15, 0.2) is 59.5 Å². The largest absolute Gasteiger partial charge is 0.355 e. The Hall–Kier alpha value is -1.83. The van der Waals surface area contributed by atoms with Gasteiger partial charge < -0.3 is 5.32 Å². The summed E-state index contributed by atoms with van der Waals surface area (Å²) in [5.41, 5.74) is 2.02. The highest BCUT2D eigenvalue weighted by atomic mass is 32.2. The normalized spacial score (nSPS) is 17.1. The van der Waals surface area contributed by atoms with Crippen molar-refractivity contribution < 1.29 is 13.2 Å². The Morgan fingerprint density at radius 3 is 2.50 bits per heavy atom. The highest BCUT2D eigenvalue weighted by molar-refractivity contribution is 7.99. The van der Waals surface area contributed by atoms with E-state index < -0.39 is 16.1 Å². The topological polar surface area (TPSA) is 66.5 Å². The van der Waals surface area contributed by atoms with Gasteiger partial charge in [-0.1, -0.05) is 42.5 Å². The molecule has 5 nitrogen and oxygen atoms in total. The number of fused-ring (bicyclic) bond motifs is 1. The second kappa shape index (κ2) is 9.58. The molecule has 1 aliphatic rings. The van der Waals surface area contributed by atoms with E-state index in [4.69, 9.17) is 0 Å². The minimum atomic E-state index is -3.46. The van der Waals surface area contributed by atoms with Gasteiger partial charge in [0.05, 0.1) is 5.75 Å². The summed E-state index contributed by atoms with van der Waals surface area (Å²) >= 11 is 1.75. The molecule has 1 amide bonds. The molecule has 3 rings (SSSR count). The molecule has 0 radical (unpaired) electrons. The summed E-state index contributed by atoms with van der Waals surface area (Å²) in [6.45, 7) is 2.41. The lowest BCUT2D eigenvalue weighted by molar-refractivity contribution is -0.125. The van der Waals surface area contributed by atoms with E-state index in [0.717, 1.165) is 23.3 Å². The molecule has 0 aromatic heterocycles. The van der Waals surface area contributed by atoms with Crippen molar-refractivity contribution in [3.05, 3.63) is 65.7 Å². The molecule has 2 aromatic carbocycles. The summed E-state index contributed by atoms with van der Waals surface area (Å²) in [4.78, 5) is 14.0. The molecule has 0 bridgehead atoms. The van der Waals surface area contributed by atoms with E-state index in [0.29, 0.717) is 13.0 Å². The Balaban J connectivity index is 1.58. The number of carbonyl (C=O) groups excluding carboxylic acids is 1. The van der Waals surface area contributed by atoms with Crippen LogP contribution >= 0.6 is 11.8 Å². The van der Waals surface area contributed by atoms with E-state index in [9.17, 15) is 13.2 Å². The van der Waals surface area contributed by atoms with Crippen molar-refractivity contribution in [1.82, 2.24) is 9.62 Å². The van der Waals surface area contributed by atoms with Crippen molar-refractivity contribution in [2.75, 3.05) is 18.1 Å². The fraction of sp³-hybridized carbons (Fsp3) is 0.381. The first-order valence-electron chi connectivity index (χ1n) is 9.53. The van der Waals surface area contributed by atoms with Crippen LogP contribution in [0.4, 0.5) is 0 Å². The van der Waals surface area contributed by atoms with Crippen LogP contribution in [0.3, 0.4) is 0 Å². The average molecular weight is 419 g/mol. The fourth-order valence-electron chi connectivity index (χ4n) is 3.29. The lowest BCUT2D eigenvalue weighted by Gasteiger charge is -2.34. The highest BCUT2D eigenvalue weighted by Crippen LogP contribution is 2.26. The maximum atomic E-state index is 12.8. The summed E-state index contributed by atoms with van der Waals surface area (Å²) in [6.07, 6.45) is 1.25. The summed E-state index contributed by atoms with van der Waals surface area (Å²) in [7, 11) is -3.46. The van der Waals surface area contributed by atoms with Crippen LogP contribution in [0.1, 0.15) is 24.5 Å². The van der Waals surface area contributed by atoms with Gasteiger partial charge in [-0.3, -0.25) is 4.79 Å². The molecule has 0 fully saturated rings. The van der Waals surface area contributed by atoms with Crippen molar-refractivity contribution in [2.45, 2.75) is 37.2 Å². The minimum absolute atomic E-state index is 0.00728. The van der Waals surface area contributed by atoms with E-state index in [-0.39, 0.29) is 18.2 Å². The number of rotatable bonds is 8. The number of sulfonamides is 1. The molecule has 0 spiro atoms. The van der Waals surface area contributed by atoms with Gasteiger partial charge in [0.25, 0.3) is 0 Å². The summed E-state index contributed by atoms with van der Waals surface area (Å²) in [6, 6.07) is 17.2. The molecule has 0 aliphatic carbocycles. The average Bonchev–Trinajstić information content (AvgIpc) is 2.73. The number of carbonyl (C=O) groups is 1. The molecule has 7 heteroatoms. The first kappa shape index (κ1) is 20.9. The number of nitrogens with one attached hydrogen (secondary N) is 1. The first-order chi connectivity index (χ1) is 13.5. The third-order valence-electron chi connectivity index (χ3n) is 4.86. The Morgan fingerprint density at radius 1 is 1.11 bits per heavy atom. The predicted octanol–water partition coefficient (Wildman–Crippen LogP) is 3.06. The monoisotopic (exact) mass is 418 g/mol. The Kier molecular flexibility index (Phi) is 7.15. The van der Waals surface area contributed by atoms with Gasteiger partial charge in [0.1, 0.15) is 6.04 Å². The van der Waals surface area contributed by atoms with Crippen LogP contribution in [-0.2, 0) is 27.8 Å². The maximum absolute atomic E-state index is 12.8. The molecule has 1 N–H and O–H groups in total. The summed E-state index contributed by atoms with van der Waals surface area (Å²) in [5.74, 6) is 0.678. The fourth-order valence-corrected chi connectivity index (χ4v) is 5.39. The van der Waals surface area contributed by atoms with Crippen molar-refractivity contribution in [1.29, 1.82) is 0 Å². The van der Waals surface area contributed by atoms with Gasteiger partial charge in [0, 0.05) is 18.0 Å². The highest BCUT2D eigenvalue weighted by Gasteiger charge is 2.37. The van der Waals surface area contributed by atoms with Crippen LogP contribution in [0.5, 0.6) is 0 Å². The van der Waals surface area contributed by atoms with Crippen LogP contribution in [0, 0.1) is 0 Å². The van der Waals surface area contributed by atoms with Crippen LogP contribution in [-0.4, -0.2) is 42.7 Å². The van der Waals surface area contributed by atoms with Gasteiger partial charge in [-0.05, 0) is 48.8 Å². The quantitative estimate of drug-likeness (QED) is 0.529. The molecule has 0 unspecified atom stereocenters. The Labute approximate surface area is 171 Å². The molecule has 0 saturated carbocycles. The van der Waals surface area contributed by atoms with Gasteiger partial charge >= 0.3 is 0 Å². The second-order valence-corrected chi connectivity index (χ2v) is 10.1. The van der Waals surface area contributed by atoms with E-state index >= 15 is 0 Å². The van der Waals surface area contributed by atoms with Gasteiger partial charge in [0.15, 0.2) is 0 Å². The Bertz CT molecular complexity index is 901. The van der Waals surface area contributed by atoms with Crippen molar-refractivity contribution in [2.24, 2.45) is 0 Å². The SMILES string of the molecule is CCS(=O)(=O)N1Cc2ccccc2C[C@@H]1C(=O)NCCCSc1ccccc1. The van der Waals surface area contributed by atoms with E-state index in [1.54, 1.807) is 18.7 Å². The number of amides is 1. The van der Waals surface area contributed by atoms with Crippen LogP contribution in [0.2, 0.25) is 0 Å². The van der Waals surface area contributed by atoms with Gasteiger partial charge in [-0.25, -0.2) is 8.42 Å². The standard InChI is InChI=1S/C21H26N2O3S2/c1-2-28(25,26)23-16-18-10-7-6-9-17(18)15-20(23)21(24)22-13-8-14-27-19-11-4-3-5-12-19/h3-7,9-12,20H,2,8,13-16H2,1H3,(H,22,24)/t20-/m1/s1. The van der Waals surface area contributed by atoms with E-state index in [2.05, 4.69) is 17.4 Å². The first-order valence-corrected chi connectivity index (χ1v) is 12.1. The third-order valence-corrected chi connectivity index (χ3v) is 7.79. The van der Waals surface area contributed by atoms with Gasteiger partial charge in [-0.2, -0.15) is 4.31 Å². The van der Waals surface area contributed by atoms with Crippen molar-refractivity contribution in [3.8, 4) is 0 Å². The minimum Gasteiger partial charge on any atom is -0.355 e. The van der Waals surface area contributed by atoms with Gasteiger partial charge in [-0.15, -0.1) is 11.8 Å². The third kappa shape index (κ3) is 5.16. The molecule has 1 aliphatic heterocycles. The zero-order chi connectivity index (χ0) is 20.0. The van der Waals surface area contributed by atoms with E-state index in [1.807, 2.05) is 42.5 Å². The zero-order valence-corrected chi connectivity index (χ0v) is 17.6. The second-order valence-electron chi connectivity index (χ2n) is 6.74. The number of hydrogen-bond acceptors (Lipinski definition) is 4. The van der Waals surface area contributed by atoms with E-state index in [1.165, 1.54) is 9.20 Å². The van der Waals surface area contributed by atoms with Crippen molar-refractivity contribution in [3.63, 3.8) is 0 Å². The molecule has 150 valence electrons. The van der Waals surface area contributed by atoms with Crippen LogP contribution in [0.25, 0.3) is 0 Å². The molecular formula is C21H26N2O3S2. The maximum Gasteiger partial charge on any atom is 0.238 e. The lowest BCUT2D eigenvalue weighted by Crippen LogP contribution is -2.53. The summed E-state index contributed by atoms with van der Waals surface area (Å²) < 4.78 is 26.5. The molecule has 28 heavy (non-hydrogen) atoms. The molecule has 2 aromatic rings. The zero-order valence-electron chi connectivity index (χ0n) is 16.0. The number of benzene rings is 2. The molecule has 1 atom stereocenters. The summed E-state index contributed by atoms with van der Waals surface area (Å²) in [5, 5.41) is 2.94. The smallest absolute Gasteiger partial charge is 0.238 e. The lowest BCUT2D eigenvalue weighted by atomic mass is 9.95. The molecule has 0 saturated heterocycles. The molecular weight excluding hydrogens is 392 g/mol. The molecule has 1 heterocycles. The number of hydrogen-bond donors (Lipinski definition) is 1.